The van der Waals surface area contributed by atoms with Crippen molar-refractivity contribution in [3.05, 3.63) is 71.4 Å². The molecule has 1 fully saturated rings. The lowest BCUT2D eigenvalue weighted by Gasteiger charge is -2.33. The molecular formula is C24H23F2N3O4. The van der Waals surface area contributed by atoms with Crippen LogP contribution in [0.3, 0.4) is 0 Å². The maximum Gasteiger partial charge on any atom is 0.254 e. The van der Waals surface area contributed by atoms with E-state index in [9.17, 15) is 18.4 Å². The molecule has 1 amide bonds. The Morgan fingerprint density at radius 1 is 1.15 bits per heavy atom. The predicted molar refractivity (Wildman–Crippen MR) is 116 cm³/mol. The van der Waals surface area contributed by atoms with E-state index in [1.54, 1.807) is 30.2 Å². The van der Waals surface area contributed by atoms with Crippen LogP contribution in [0.5, 0.6) is 5.75 Å². The van der Waals surface area contributed by atoms with Crippen LogP contribution in [0.2, 0.25) is 0 Å². The van der Waals surface area contributed by atoms with Crippen LogP contribution < -0.4 is 4.74 Å². The molecule has 2 heterocycles. The van der Waals surface area contributed by atoms with Crippen LogP contribution in [0.4, 0.5) is 8.78 Å². The number of rotatable bonds is 7. The van der Waals surface area contributed by atoms with E-state index in [0.717, 1.165) is 23.4 Å². The number of ketones is 1. The summed E-state index contributed by atoms with van der Waals surface area (Å²) in [4.78, 5) is 26.2. The van der Waals surface area contributed by atoms with E-state index in [4.69, 9.17) is 9.47 Å². The summed E-state index contributed by atoms with van der Waals surface area (Å²) in [5.41, 5.74) is 2.24. The molecule has 3 aromatic rings. The number of morpholine rings is 1. The van der Waals surface area contributed by atoms with Crippen molar-refractivity contribution in [2.45, 2.75) is 19.4 Å². The number of benzene rings is 2. The van der Waals surface area contributed by atoms with Crippen molar-refractivity contribution in [3.8, 4) is 17.0 Å². The average Bonchev–Trinajstić information content (AvgIpc) is 3.38. The van der Waals surface area contributed by atoms with E-state index in [-0.39, 0.29) is 43.4 Å². The summed E-state index contributed by atoms with van der Waals surface area (Å²) < 4.78 is 39.5. The molecule has 0 saturated carbocycles. The fourth-order valence-electron chi connectivity index (χ4n) is 3.64. The first-order valence-electron chi connectivity index (χ1n) is 10.6. The molecule has 1 saturated heterocycles. The quantitative estimate of drug-likeness (QED) is 0.547. The molecule has 33 heavy (non-hydrogen) atoms. The Labute approximate surface area is 189 Å². The highest BCUT2D eigenvalue weighted by molar-refractivity contribution is 5.96. The van der Waals surface area contributed by atoms with Gasteiger partial charge in [0.15, 0.2) is 23.2 Å². The topological polar surface area (TPSA) is 84.5 Å². The van der Waals surface area contributed by atoms with Crippen LogP contribution in [-0.4, -0.2) is 59.2 Å². The highest BCUT2D eigenvalue weighted by Crippen LogP contribution is 2.25. The second kappa shape index (κ2) is 9.91. The summed E-state index contributed by atoms with van der Waals surface area (Å²) in [6.45, 7) is 2.37. The minimum absolute atomic E-state index is 0.0379. The van der Waals surface area contributed by atoms with Crippen molar-refractivity contribution >= 4 is 11.7 Å². The zero-order valence-corrected chi connectivity index (χ0v) is 18.0. The van der Waals surface area contributed by atoms with Gasteiger partial charge < -0.3 is 14.4 Å². The first-order chi connectivity index (χ1) is 16.0. The van der Waals surface area contributed by atoms with Crippen LogP contribution >= 0.6 is 0 Å². The van der Waals surface area contributed by atoms with Gasteiger partial charge in [0.2, 0.25) is 0 Å². The molecule has 0 radical (unpaired) electrons. The number of carbonyl (C=O) groups is 2. The van der Waals surface area contributed by atoms with E-state index in [0.29, 0.717) is 12.1 Å². The van der Waals surface area contributed by atoms with Gasteiger partial charge in [0.1, 0.15) is 12.7 Å². The molecule has 1 atom stereocenters. The molecule has 1 aliphatic rings. The number of H-pyrrole nitrogens is 1. The third-order valence-electron chi connectivity index (χ3n) is 5.42. The van der Waals surface area contributed by atoms with E-state index in [2.05, 4.69) is 10.2 Å². The second-order valence-electron chi connectivity index (χ2n) is 7.65. The Kier molecular flexibility index (Phi) is 6.79. The van der Waals surface area contributed by atoms with E-state index >= 15 is 0 Å². The normalized spacial score (nSPS) is 16.0. The molecule has 1 unspecified atom stereocenters. The maximum atomic E-state index is 14.3. The molecule has 2 aromatic carbocycles. The van der Waals surface area contributed by atoms with Crippen LogP contribution in [0.25, 0.3) is 11.3 Å². The molecule has 4 rings (SSSR count). The van der Waals surface area contributed by atoms with Gasteiger partial charge in [-0.2, -0.15) is 5.10 Å². The Morgan fingerprint density at radius 3 is 2.52 bits per heavy atom. The van der Waals surface area contributed by atoms with Gasteiger partial charge in [-0.3, -0.25) is 14.7 Å². The Balaban J connectivity index is 1.38. The lowest BCUT2D eigenvalue weighted by Crippen LogP contribution is -2.47. The van der Waals surface area contributed by atoms with Crippen molar-refractivity contribution in [3.63, 3.8) is 0 Å². The van der Waals surface area contributed by atoms with Crippen LogP contribution in [0.15, 0.2) is 48.7 Å². The number of hydrogen-bond donors (Lipinski definition) is 1. The van der Waals surface area contributed by atoms with Gasteiger partial charge >= 0.3 is 0 Å². The molecule has 0 bridgehead atoms. The van der Waals surface area contributed by atoms with E-state index in [1.807, 2.05) is 18.2 Å². The SMILES string of the molecule is CCC(=O)c1cc(F)c(OCC2CN(C(=O)c3ccc(-c4ccn[nH]4)cc3)CCO2)c(F)c1. The summed E-state index contributed by atoms with van der Waals surface area (Å²) in [5, 5.41) is 6.79. The van der Waals surface area contributed by atoms with Gasteiger partial charge in [0, 0.05) is 30.3 Å². The number of aromatic amines is 1. The number of aromatic nitrogens is 2. The van der Waals surface area contributed by atoms with E-state index in [1.165, 1.54) is 0 Å². The van der Waals surface area contributed by atoms with Gasteiger partial charge in [-0.25, -0.2) is 8.78 Å². The molecule has 7 nitrogen and oxygen atoms in total. The number of halogens is 2. The zero-order chi connectivity index (χ0) is 23.4. The third-order valence-corrected chi connectivity index (χ3v) is 5.42. The molecule has 1 aromatic heterocycles. The smallest absolute Gasteiger partial charge is 0.254 e. The molecule has 1 aliphatic heterocycles. The number of nitrogens with zero attached hydrogens (tertiary/aromatic N) is 2. The summed E-state index contributed by atoms with van der Waals surface area (Å²) >= 11 is 0. The number of carbonyl (C=O) groups excluding carboxylic acids is 2. The molecule has 9 heteroatoms. The zero-order valence-electron chi connectivity index (χ0n) is 18.0. The predicted octanol–water partition coefficient (Wildman–Crippen LogP) is 3.87. The molecule has 172 valence electrons. The highest BCUT2D eigenvalue weighted by atomic mass is 19.1. The maximum absolute atomic E-state index is 14.3. The van der Waals surface area contributed by atoms with Gasteiger partial charge in [0.25, 0.3) is 5.91 Å². The summed E-state index contributed by atoms with van der Waals surface area (Å²) in [5.74, 6) is -2.99. The molecule has 0 aliphatic carbocycles. The Hall–Kier alpha value is -3.59. The molecular weight excluding hydrogens is 432 g/mol. The van der Waals surface area contributed by atoms with Gasteiger partial charge in [-0.15, -0.1) is 0 Å². The van der Waals surface area contributed by atoms with Crippen LogP contribution in [0, 0.1) is 11.6 Å². The first-order valence-corrected chi connectivity index (χ1v) is 10.6. The van der Waals surface area contributed by atoms with Crippen molar-refractivity contribution < 1.29 is 27.8 Å². The third kappa shape index (κ3) is 5.09. The molecule has 0 spiro atoms. The highest BCUT2D eigenvalue weighted by Gasteiger charge is 2.26. The van der Waals surface area contributed by atoms with Crippen molar-refractivity contribution in [1.29, 1.82) is 0 Å². The van der Waals surface area contributed by atoms with Gasteiger partial charge in [0.05, 0.1) is 18.8 Å². The summed E-state index contributed by atoms with van der Waals surface area (Å²) in [6, 6.07) is 10.9. The average molecular weight is 455 g/mol. The summed E-state index contributed by atoms with van der Waals surface area (Å²) in [7, 11) is 0. The van der Waals surface area contributed by atoms with Crippen molar-refractivity contribution in [1.82, 2.24) is 15.1 Å². The fraction of sp³-hybridized carbons (Fsp3) is 0.292. The minimum atomic E-state index is -0.951. The first kappa shape index (κ1) is 22.6. The van der Waals surface area contributed by atoms with Crippen molar-refractivity contribution in [2.24, 2.45) is 0 Å². The Bertz CT molecular complexity index is 1110. The fourth-order valence-corrected chi connectivity index (χ4v) is 3.64. The number of nitrogens with one attached hydrogen (secondary N) is 1. The van der Waals surface area contributed by atoms with Crippen LogP contribution in [0.1, 0.15) is 34.1 Å². The van der Waals surface area contributed by atoms with Crippen molar-refractivity contribution in [2.75, 3.05) is 26.3 Å². The Morgan fingerprint density at radius 2 is 1.88 bits per heavy atom. The standard InChI is InChI=1S/C24H23F2N3O4/c1-2-22(30)17-11-19(25)23(20(26)12-17)33-14-18-13-29(9-10-32-18)24(31)16-5-3-15(4-6-16)21-7-8-27-28-21/h3-8,11-12,18H,2,9-10,13-14H2,1H3,(H,27,28). The summed E-state index contributed by atoms with van der Waals surface area (Å²) in [6.07, 6.45) is 1.24. The lowest BCUT2D eigenvalue weighted by molar-refractivity contribution is -0.0410. The van der Waals surface area contributed by atoms with Gasteiger partial charge in [-0.05, 0) is 35.9 Å². The van der Waals surface area contributed by atoms with E-state index < -0.39 is 23.5 Å². The number of Topliss-reactive ketones (excluding diaryl/α,β-unsaturated/α-hetero) is 1. The number of ether oxygens (including phenoxy) is 2. The van der Waals surface area contributed by atoms with Gasteiger partial charge in [-0.1, -0.05) is 19.1 Å². The second-order valence-corrected chi connectivity index (χ2v) is 7.65. The monoisotopic (exact) mass is 455 g/mol. The minimum Gasteiger partial charge on any atom is -0.485 e. The largest absolute Gasteiger partial charge is 0.485 e. The van der Waals surface area contributed by atoms with Crippen LogP contribution in [-0.2, 0) is 4.74 Å². The number of amides is 1. The molecule has 1 N–H and O–H groups in total. The lowest BCUT2D eigenvalue weighted by atomic mass is 10.1. The number of hydrogen-bond acceptors (Lipinski definition) is 5.